The summed E-state index contributed by atoms with van der Waals surface area (Å²) in [5.41, 5.74) is 4.55. The highest BCUT2D eigenvalue weighted by Gasteiger charge is 2.25. The summed E-state index contributed by atoms with van der Waals surface area (Å²) in [4.78, 5) is 23.3. The number of nitrogen functional groups attached to an aromatic ring is 1. The van der Waals surface area contributed by atoms with Crippen LogP contribution in [0, 0.1) is 11.6 Å². The second-order valence-electron chi connectivity index (χ2n) is 3.53. The number of benzene rings is 1. The normalized spacial score (nSPS) is 14.8. The average molecular weight is 238 g/mol. The molecule has 2 N–H and O–H groups in total. The van der Waals surface area contributed by atoms with Gasteiger partial charge in [0.2, 0.25) is 0 Å². The van der Waals surface area contributed by atoms with Crippen molar-refractivity contribution < 1.29 is 18.4 Å². The van der Waals surface area contributed by atoms with Gasteiger partial charge in [-0.15, -0.1) is 0 Å². The van der Waals surface area contributed by atoms with Crippen LogP contribution in [0.1, 0.15) is 5.56 Å². The average Bonchev–Trinajstić information content (AvgIpc) is 2.61. The zero-order valence-corrected chi connectivity index (χ0v) is 8.61. The van der Waals surface area contributed by atoms with Crippen molar-refractivity contribution >= 4 is 17.5 Å². The SMILES string of the molecule is Nc1c(F)ccc(CN2C(=O)C=CC2=O)c1F. The van der Waals surface area contributed by atoms with E-state index in [0.717, 1.165) is 29.2 Å². The third-order valence-electron chi connectivity index (χ3n) is 2.44. The highest BCUT2D eigenvalue weighted by atomic mass is 19.1. The number of nitrogens with two attached hydrogens (primary N) is 1. The van der Waals surface area contributed by atoms with Crippen molar-refractivity contribution in [1.29, 1.82) is 0 Å². The zero-order chi connectivity index (χ0) is 12.6. The minimum Gasteiger partial charge on any atom is -0.394 e. The van der Waals surface area contributed by atoms with Crippen LogP contribution in [0.3, 0.4) is 0 Å². The number of amides is 2. The van der Waals surface area contributed by atoms with Crippen molar-refractivity contribution in [3.8, 4) is 0 Å². The number of imide groups is 1. The number of anilines is 1. The Bertz CT molecular complexity index is 523. The third-order valence-corrected chi connectivity index (χ3v) is 2.44. The molecule has 2 amide bonds. The molecule has 0 spiro atoms. The van der Waals surface area contributed by atoms with Gasteiger partial charge in [0.1, 0.15) is 11.5 Å². The minimum atomic E-state index is -0.947. The molecule has 0 aromatic heterocycles. The second-order valence-corrected chi connectivity index (χ2v) is 3.53. The number of carbonyl (C=O) groups is 2. The number of carbonyl (C=O) groups excluding carboxylic acids is 2. The highest BCUT2D eigenvalue weighted by molar-refractivity contribution is 6.12. The number of hydrogen-bond acceptors (Lipinski definition) is 3. The van der Waals surface area contributed by atoms with Crippen LogP contribution < -0.4 is 5.73 Å². The van der Waals surface area contributed by atoms with Crippen molar-refractivity contribution in [1.82, 2.24) is 4.90 Å². The van der Waals surface area contributed by atoms with Crippen molar-refractivity contribution in [2.75, 3.05) is 5.73 Å². The molecule has 17 heavy (non-hydrogen) atoms. The summed E-state index contributed by atoms with van der Waals surface area (Å²) in [6.45, 7) is -0.263. The van der Waals surface area contributed by atoms with E-state index in [0.29, 0.717) is 0 Å². The number of hydrogen-bond donors (Lipinski definition) is 1. The maximum absolute atomic E-state index is 13.5. The fourth-order valence-corrected chi connectivity index (χ4v) is 1.49. The summed E-state index contributed by atoms with van der Waals surface area (Å²) in [7, 11) is 0. The lowest BCUT2D eigenvalue weighted by molar-refractivity contribution is -0.137. The van der Waals surface area contributed by atoms with Crippen molar-refractivity contribution in [3.63, 3.8) is 0 Å². The predicted octanol–water partition coefficient (Wildman–Crippen LogP) is 0.972. The molecule has 0 atom stereocenters. The van der Waals surface area contributed by atoms with Crippen LogP contribution >= 0.6 is 0 Å². The Kier molecular flexibility index (Phi) is 2.63. The van der Waals surface area contributed by atoms with Crippen molar-refractivity contribution in [2.45, 2.75) is 6.54 Å². The van der Waals surface area contributed by atoms with Gasteiger partial charge in [-0.3, -0.25) is 14.5 Å². The number of nitrogens with zero attached hydrogens (tertiary/aromatic N) is 1. The second kappa shape index (κ2) is 3.97. The van der Waals surface area contributed by atoms with Gasteiger partial charge in [-0.25, -0.2) is 8.78 Å². The molecular weight excluding hydrogens is 230 g/mol. The van der Waals surface area contributed by atoms with E-state index in [-0.39, 0.29) is 12.1 Å². The monoisotopic (exact) mass is 238 g/mol. The standard InChI is InChI=1S/C11H8F2N2O2/c12-7-2-1-6(10(13)11(7)14)5-15-8(16)3-4-9(15)17/h1-4H,5,14H2. The van der Waals surface area contributed by atoms with Gasteiger partial charge < -0.3 is 5.73 Å². The molecule has 1 heterocycles. The Morgan fingerprint density at radius 2 is 1.71 bits per heavy atom. The van der Waals surface area contributed by atoms with Gasteiger partial charge in [-0.2, -0.15) is 0 Å². The first-order chi connectivity index (χ1) is 8.00. The molecule has 0 aliphatic carbocycles. The highest BCUT2D eigenvalue weighted by Crippen LogP contribution is 2.21. The third kappa shape index (κ3) is 1.89. The molecule has 88 valence electrons. The lowest BCUT2D eigenvalue weighted by Gasteiger charge is -2.14. The first-order valence-corrected chi connectivity index (χ1v) is 4.76. The molecule has 0 saturated carbocycles. The van der Waals surface area contributed by atoms with E-state index < -0.39 is 29.1 Å². The molecule has 1 aliphatic rings. The lowest BCUT2D eigenvalue weighted by atomic mass is 10.1. The van der Waals surface area contributed by atoms with Gasteiger partial charge in [0.05, 0.1) is 6.54 Å². The molecular formula is C11H8F2N2O2. The summed E-state index contributed by atoms with van der Waals surface area (Å²) in [5, 5.41) is 0. The van der Waals surface area contributed by atoms with E-state index in [1.54, 1.807) is 0 Å². The maximum Gasteiger partial charge on any atom is 0.253 e. The van der Waals surface area contributed by atoms with Crippen LogP contribution in [0.4, 0.5) is 14.5 Å². The number of halogens is 2. The summed E-state index contributed by atoms with van der Waals surface area (Å²) < 4.78 is 26.4. The molecule has 0 bridgehead atoms. The largest absolute Gasteiger partial charge is 0.394 e. The van der Waals surface area contributed by atoms with E-state index >= 15 is 0 Å². The fraction of sp³-hybridized carbons (Fsp3) is 0.0909. The van der Waals surface area contributed by atoms with Crippen LogP contribution in [0.15, 0.2) is 24.3 Å². The van der Waals surface area contributed by atoms with E-state index in [1.165, 1.54) is 0 Å². The van der Waals surface area contributed by atoms with Crippen LogP contribution in [0.5, 0.6) is 0 Å². The van der Waals surface area contributed by atoms with Gasteiger partial charge >= 0.3 is 0 Å². The Morgan fingerprint density at radius 3 is 2.29 bits per heavy atom. The molecule has 1 aromatic rings. The number of rotatable bonds is 2. The summed E-state index contributed by atoms with van der Waals surface area (Å²) in [5.74, 6) is -2.88. The maximum atomic E-state index is 13.5. The first-order valence-electron chi connectivity index (χ1n) is 4.76. The molecule has 2 rings (SSSR count). The van der Waals surface area contributed by atoms with Crippen LogP contribution in [0.25, 0.3) is 0 Å². The molecule has 0 radical (unpaired) electrons. The van der Waals surface area contributed by atoms with E-state index in [4.69, 9.17) is 5.73 Å². The molecule has 0 unspecified atom stereocenters. The Labute approximate surface area is 95.3 Å². The Hall–Kier alpha value is -2.24. The van der Waals surface area contributed by atoms with Gasteiger partial charge in [0.25, 0.3) is 11.8 Å². The Morgan fingerprint density at radius 1 is 1.12 bits per heavy atom. The quantitative estimate of drug-likeness (QED) is 0.616. The predicted molar refractivity (Wildman–Crippen MR) is 55.5 cm³/mol. The molecule has 0 saturated heterocycles. The smallest absolute Gasteiger partial charge is 0.253 e. The van der Waals surface area contributed by atoms with Gasteiger partial charge in [0, 0.05) is 17.7 Å². The van der Waals surface area contributed by atoms with E-state index in [2.05, 4.69) is 0 Å². The van der Waals surface area contributed by atoms with Gasteiger partial charge in [0.15, 0.2) is 5.82 Å². The first kappa shape index (κ1) is 11.3. The van der Waals surface area contributed by atoms with Crippen molar-refractivity contribution in [3.05, 3.63) is 41.5 Å². The van der Waals surface area contributed by atoms with Gasteiger partial charge in [-0.1, -0.05) is 6.07 Å². The van der Waals surface area contributed by atoms with Crippen LogP contribution in [-0.4, -0.2) is 16.7 Å². The summed E-state index contributed by atoms with van der Waals surface area (Å²) >= 11 is 0. The molecule has 1 aromatic carbocycles. The minimum absolute atomic E-state index is 0.00528. The molecule has 0 fully saturated rings. The summed E-state index contributed by atoms with van der Waals surface area (Å²) in [6.07, 6.45) is 2.18. The topological polar surface area (TPSA) is 63.4 Å². The van der Waals surface area contributed by atoms with Crippen molar-refractivity contribution in [2.24, 2.45) is 0 Å². The molecule has 4 nitrogen and oxygen atoms in total. The molecule has 6 heteroatoms. The fourth-order valence-electron chi connectivity index (χ4n) is 1.49. The Balaban J connectivity index is 2.29. The van der Waals surface area contributed by atoms with Crippen LogP contribution in [0.2, 0.25) is 0 Å². The lowest BCUT2D eigenvalue weighted by Crippen LogP contribution is -2.29. The van der Waals surface area contributed by atoms with Crippen LogP contribution in [-0.2, 0) is 16.1 Å². The van der Waals surface area contributed by atoms with E-state index in [1.807, 2.05) is 0 Å². The van der Waals surface area contributed by atoms with E-state index in [9.17, 15) is 18.4 Å². The zero-order valence-electron chi connectivity index (χ0n) is 8.61. The molecule has 1 aliphatic heterocycles. The summed E-state index contributed by atoms with van der Waals surface area (Å²) in [6, 6.07) is 2.14. The van der Waals surface area contributed by atoms with Gasteiger partial charge in [-0.05, 0) is 6.07 Å².